The zero-order valence-corrected chi connectivity index (χ0v) is 11.8. The van der Waals surface area contributed by atoms with Gasteiger partial charge >= 0.3 is 0 Å². The molecule has 18 heavy (non-hydrogen) atoms. The van der Waals surface area contributed by atoms with E-state index >= 15 is 0 Å². The average Bonchev–Trinajstić information content (AvgIpc) is 2.26. The van der Waals surface area contributed by atoms with Crippen molar-refractivity contribution < 1.29 is 17.9 Å². The summed E-state index contributed by atoms with van der Waals surface area (Å²) in [5.41, 5.74) is 1.53. The predicted molar refractivity (Wildman–Crippen MR) is 70.0 cm³/mol. The normalized spacial score (nSPS) is 14.9. The molecule has 6 heteroatoms. The monoisotopic (exact) mass is 290 g/mol. The lowest BCUT2D eigenvalue weighted by Crippen LogP contribution is -2.18. The quantitative estimate of drug-likeness (QED) is 0.803. The zero-order chi connectivity index (χ0) is 13.3. The number of halogens is 1. The number of hydrogen-bond donors (Lipinski definition) is 0. The molecule has 0 saturated heterocycles. The van der Waals surface area contributed by atoms with E-state index in [4.69, 9.17) is 20.2 Å². The number of hydrogen-bond acceptors (Lipinski definition) is 4. The van der Waals surface area contributed by atoms with Gasteiger partial charge in [-0.1, -0.05) is 19.9 Å². The summed E-state index contributed by atoms with van der Waals surface area (Å²) in [6.07, 6.45) is 0. The van der Waals surface area contributed by atoms with Crippen molar-refractivity contribution in [1.29, 1.82) is 0 Å². The Morgan fingerprint density at radius 1 is 1.28 bits per heavy atom. The lowest BCUT2D eigenvalue weighted by Gasteiger charge is -2.24. The van der Waals surface area contributed by atoms with E-state index in [1.54, 1.807) is 12.1 Å². The minimum absolute atomic E-state index is 0.134. The number of benzene rings is 1. The summed E-state index contributed by atoms with van der Waals surface area (Å²) in [5, 5.41) is 0. The van der Waals surface area contributed by atoms with Gasteiger partial charge in [-0.25, -0.2) is 8.42 Å². The molecule has 0 spiro atoms. The summed E-state index contributed by atoms with van der Waals surface area (Å²) in [4.78, 5) is 0. The molecule has 100 valence electrons. The molecular formula is C12H15ClO4S. The minimum Gasteiger partial charge on any atom is -0.486 e. The van der Waals surface area contributed by atoms with Crippen LogP contribution >= 0.6 is 10.7 Å². The van der Waals surface area contributed by atoms with Gasteiger partial charge in [-0.2, -0.15) is 0 Å². The van der Waals surface area contributed by atoms with Crippen molar-refractivity contribution in [3.8, 4) is 11.5 Å². The molecule has 0 aromatic heterocycles. The van der Waals surface area contributed by atoms with E-state index in [-0.39, 0.29) is 11.7 Å². The lowest BCUT2D eigenvalue weighted by atomic mass is 9.96. The van der Waals surface area contributed by atoms with Crippen LogP contribution in [0.2, 0.25) is 0 Å². The van der Waals surface area contributed by atoms with Crippen LogP contribution in [0.4, 0.5) is 0 Å². The highest BCUT2D eigenvalue weighted by atomic mass is 35.7. The maximum Gasteiger partial charge on any atom is 0.236 e. The molecule has 1 aliphatic rings. The van der Waals surface area contributed by atoms with Crippen LogP contribution in [0.5, 0.6) is 11.5 Å². The van der Waals surface area contributed by atoms with E-state index in [1.807, 2.05) is 13.8 Å². The second-order valence-corrected chi connectivity index (χ2v) is 7.28. The Morgan fingerprint density at radius 3 is 2.56 bits per heavy atom. The van der Waals surface area contributed by atoms with E-state index in [0.29, 0.717) is 30.3 Å². The van der Waals surface area contributed by atoms with E-state index in [0.717, 1.165) is 5.56 Å². The molecule has 1 aromatic carbocycles. The van der Waals surface area contributed by atoms with E-state index < -0.39 is 9.05 Å². The van der Waals surface area contributed by atoms with Crippen molar-refractivity contribution in [1.82, 2.24) is 0 Å². The highest BCUT2D eigenvalue weighted by molar-refractivity contribution is 8.13. The highest BCUT2D eigenvalue weighted by Gasteiger charge is 2.23. The van der Waals surface area contributed by atoms with Gasteiger partial charge in [0, 0.05) is 16.2 Å². The van der Waals surface area contributed by atoms with Crippen molar-refractivity contribution in [3.63, 3.8) is 0 Å². The molecule has 0 radical (unpaired) electrons. The SMILES string of the molecule is CC(C)c1c(CS(=O)(=O)Cl)ccc2c1OCCO2. The standard InChI is InChI=1S/C12H15ClO4S/c1-8(2)11-9(7-18(13,14)15)3-4-10-12(11)17-6-5-16-10/h3-4,8H,5-7H2,1-2H3. The summed E-state index contributed by atoms with van der Waals surface area (Å²) in [6, 6.07) is 3.47. The van der Waals surface area contributed by atoms with E-state index in [1.165, 1.54) is 0 Å². The molecule has 0 bridgehead atoms. The number of fused-ring (bicyclic) bond motifs is 1. The molecule has 0 unspecified atom stereocenters. The van der Waals surface area contributed by atoms with Gasteiger partial charge < -0.3 is 9.47 Å². The fourth-order valence-corrected chi connectivity index (χ4v) is 3.10. The smallest absolute Gasteiger partial charge is 0.236 e. The third-order valence-electron chi connectivity index (χ3n) is 2.74. The largest absolute Gasteiger partial charge is 0.486 e. The first-order chi connectivity index (χ1) is 8.38. The predicted octanol–water partition coefficient (Wildman–Crippen LogP) is 2.65. The molecule has 4 nitrogen and oxygen atoms in total. The molecule has 1 heterocycles. The van der Waals surface area contributed by atoms with Crippen LogP contribution in [0.15, 0.2) is 12.1 Å². The van der Waals surface area contributed by atoms with Crippen molar-refractivity contribution in [2.45, 2.75) is 25.5 Å². The molecule has 0 saturated carbocycles. The third kappa shape index (κ3) is 2.90. The first-order valence-corrected chi connectivity index (χ1v) is 8.20. The van der Waals surface area contributed by atoms with Gasteiger partial charge in [0.15, 0.2) is 11.5 Å². The molecule has 0 fully saturated rings. The molecule has 1 aromatic rings. The molecule has 0 atom stereocenters. The Labute approximate surface area is 111 Å². The van der Waals surface area contributed by atoms with Gasteiger partial charge in [-0.3, -0.25) is 0 Å². The average molecular weight is 291 g/mol. The van der Waals surface area contributed by atoms with Crippen LogP contribution in [0, 0.1) is 0 Å². The Balaban J connectivity index is 2.53. The van der Waals surface area contributed by atoms with Crippen molar-refractivity contribution in [2.24, 2.45) is 0 Å². The van der Waals surface area contributed by atoms with Gasteiger partial charge in [-0.15, -0.1) is 0 Å². The van der Waals surface area contributed by atoms with Crippen molar-refractivity contribution in [3.05, 3.63) is 23.3 Å². The summed E-state index contributed by atoms with van der Waals surface area (Å²) in [5.74, 6) is 1.25. The van der Waals surface area contributed by atoms with Crippen LogP contribution < -0.4 is 9.47 Å². The summed E-state index contributed by atoms with van der Waals surface area (Å²) in [7, 11) is 1.74. The Kier molecular flexibility index (Phi) is 3.73. The first-order valence-electron chi connectivity index (χ1n) is 5.72. The van der Waals surface area contributed by atoms with Crippen LogP contribution in [0.3, 0.4) is 0 Å². The second-order valence-electron chi connectivity index (χ2n) is 4.50. The molecule has 0 aliphatic carbocycles. The van der Waals surface area contributed by atoms with Crippen LogP contribution in [-0.4, -0.2) is 21.6 Å². The fraction of sp³-hybridized carbons (Fsp3) is 0.500. The van der Waals surface area contributed by atoms with Crippen LogP contribution in [0.25, 0.3) is 0 Å². The van der Waals surface area contributed by atoms with Gasteiger partial charge in [0.1, 0.15) is 13.2 Å². The van der Waals surface area contributed by atoms with Gasteiger partial charge in [0.25, 0.3) is 0 Å². The van der Waals surface area contributed by atoms with E-state index in [2.05, 4.69) is 0 Å². The summed E-state index contributed by atoms with van der Waals surface area (Å²) >= 11 is 0. The third-order valence-corrected chi connectivity index (χ3v) is 3.73. The number of rotatable bonds is 3. The van der Waals surface area contributed by atoms with Gasteiger partial charge in [0.05, 0.1) is 5.75 Å². The molecule has 0 N–H and O–H groups in total. The minimum atomic E-state index is -3.58. The first kappa shape index (κ1) is 13.5. The van der Waals surface area contributed by atoms with Crippen molar-refractivity contribution in [2.75, 3.05) is 13.2 Å². The topological polar surface area (TPSA) is 52.6 Å². The Bertz CT molecular complexity index is 551. The highest BCUT2D eigenvalue weighted by Crippen LogP contribution is 2.40. The molecule has 1 aliphatic heterocycles. The molecular weight excluding hydrogens is 276 g/mol. The fourth-order valence-electron chi connectivity index (χ4n) is 2.12. The van der Waals surface area contributed by atoms with Gasteiger partial charge in [0.2, 0.25) is 9.05 Å². The molecule has 0 amide bonds. The van der Waals surface area contributed by atoms with Crippen LogP contribution in [-0.2, 0) is 14.8 Å². The van der Waals surface area contributed by atoms with Crippen LogP contribution in [0.1, 0.15) is 30.9 Å². The molecule has 2 rings (SSSR count). The zero-order valence-electron chi connectivity index (χ0n) is 10.3. The Morgan fingerprint density at radius 2 is 1.94 bits per heavy atom. The van der Waals surface area contributed by atoms with Gasteiger partial charge in [-0.05, 0) is 17.5 Å². The maximum atomic E-state index is 11.2. The maximum absolute atomic E-state index is 11.2. The summed E-state index contributed by atoms with van der Waals surface area (Å²) < 4.78 is 33.6. The number of ether oxygens (including phenoxy) is 2. The second kappa shape index (κ2) is 4.97. The Hall–Kier alpha value is -0.940. The van der Waals surface area contributed by atoms with Crippen molar-refractivity contribution >= 4 is 19.7 Å². The van der Waals surface area contributed by atoms with E-state index in [9.17, 15) is 8.42 Å². The lowest BCUT2D eigenvalue weighted by molar-refractivity contribution is 0.169. The summed E-state index contributed by atoms with van der Waals surface area (Å²) in [6.45, 7) is 4.96.